The maximum atomic E-state index is 12.5. The van der Waals surface area contributed by atoms with Crippen molar-refractivity contribution >= 4 is 11.9 Å². The third kappa shape index (κ3) is 9.58. The largest absolute Gasteiger partial charge is 0.462 e. The average Bonchev–Trinajstić information content (AvgIpc) is 2.66. The van der Waals surface area contributed by atoms with Crippen LogP contribution in [0.3, 0.4) is 0 Å². The Morgan fingerprint density at radius 3 is 1.17 bits per heavy atom. The molecule has 8 nitrogen and oxygen atoms in total. The fraction of sp³-hybridized carbons (Fsp3) is 0.929. The third-order valence-corrected chi connectivity index (χ3v) is 7.63. The molecule has 0 unspecified atom stereocenters. The molecule has 3 saturated heterocycles. The SMILES string of the molecule is CC1(C)CC(OC(=O)CCN2CCN(CCC(=O)OC3CC(C)(C)NC(C)(C)C3)CC2)CC(C)(C)N1. The van der Waals surface area contributed by atoms with Crippen molar-refractivity contribution in [2.75, 3.05) is 39.3 Å². The monoisotopic (exact) mass is 508 g/mol. The van der Waals surface area contributed by atoms with E-state index in [1.165, 1.54) is 0 Å². The van der Waals surface area contributed by atoms with Crippen LogP contribution >= 0.6 is 0 Å². The van der Waals surface area contributed by atoms with E-state index in [4.69, 9.17) is 9.47 Å². The summed E-state index contributed by atoms with van der Waals surface area (Å²) in [6, 6.07) is 0. The average molecular weight is 509 g/mol. The highest BCUT2D eigenvalue weighted by molar-refractivity contribution is 5.70. The number of carbonyl (C=O) groups excluding carboxylic acids is 2. The first-order valence-electron chi connectivity index (χ1n) is 13.9. The molecule has 0 atom stereocenters. The highest BCUT2D eigenvalue weighted by atomic mass is 16.5. The van der Waals surface area contributed by atoms with Crippen molar-refractivity contribution in [3.63, 3.8) is 0 Å². The summed E-state index contributed by atoms with van der Waals surface area (Å²) in [5.41, 5.74) is -0.126. The molecule has 3 rings (SSSR count). The van der Waals surface area contributed by atoms with Crippen LogP contribution in [-0.2, 0) is 19.1 Å². The zero-order chi connectivity index (χ0) is 26.8. The van der Waals surface area contributed by atoms with E-state index < -0.39 is 0 Å². The van der Waals surface area contributed by atoms with Gasteiger partial charge in [0.1, 0.15) is 12.2 Å². The van der Waals surface area contributed by atoms with E-state index in [-0.39, 0.29) is 46.3 Å². The first-order valence-corrected chi connectivity index (χ1v) is 13.9. The number of hydrogen-bond acceptors (Lipinski definition) is 8. The third-order valence-electron chi connectivity index (χ3n) is 7.63. The summed E-state index contributed by atoms with van der Waals surface area (Å²) in [4.78, 5) is 29.7. The Labute approximate surface area is 219 Å². The maximum Gasteiger partial charge on any atom is 0.307 e. The Bertz CT molecular complexity index is 676. The second kappa shape index (κ2) is 11.3. The molecule has 0 aromatic carbocycles. The fourth-order valence-electron chi connectivity index (χ4n) is 6.85. The predicted molar refractivity (Wildman–Crippen MR) is 143 cm³/mol. The molecule has 208 valence electrons. The molecule has 36 heavy (non-hydrogen) atoms. The van der Waals surface area contributed by atoms with Gasteiger partial charge in [-0.05, 0) is 55.4 Å². The molecule has 8 heteroatoms. The van der Waals surface area contributed by atoms with Crippen LogP contribution in [0.1, 0.15) is 93.9 Å². The molecule has 3 heterocycles. The van der Waals surface area contributed by atoms with Gasteiger partial charge in [0.15, 0.2) is 0 Å². The Hall–Kier alpha value is -1.22. The zero-order valence-corrected chi connectivity index (χ0v) is 24.2. The van der Waals surface area contributed by atoms with E-state index in [2.05, 4.69) is 75.8 Å². The lowest BCUT2D eigenvalue weighted by molar-refractivity contribution is -0.155. The first-order chi connectivity index (χ1) is 16.5. The van der Waals surface area contributed by atoms with Crippen molar-refractivity contribution in [1.29, 1.82) is 0 Å². The van der Waals surface area contributed by atoms with Gasteiger partial charge < -0.3 is 29.9 Å². The normalized spacial score (nSPS) is 26.9. The number of ether oxygens (including phenoxy) is 2. The van der Waals surface area contributed by atoms with Crippen LogP contribution in [0.2, 0.25) is 0 Å². The van der Waals surface area contributed by atoms with Gasteiger partial charge in [0.25, 0.3) is 0 Å². The van der Waals surface area contributed by atoms with Crippen molar-refractivity contribution < 1.29 is 19.1 Å². The molecule has 0 aromatic heterocycles. The summed E-state index contributed by atoms with van der Waals surface area (Å²) in [7, 11) is 0. The molecule has 0 bridgehead atoms. The predicted octanol–water partition coefficient (Wildman–Crippen LogP) is 3.09. The minimum atomic E-state index is -0.0945. The zero-order valence-electron chi connectivity index (χ0n) is 24.2. The quantitative estimate of drug-likeness (QED) is 0.484. The van der Waals surface area contributed by atoms with Gasteiger partial charge in [0, 0.05) is 87.1 Å². The maximum absolute atomic E-state index is 12.5. The fourth-order valence-corrected chi connectivity index (χ4v) is 6.85. The lowest BCUT2D eigenvalue weighted by atomic mass is 9.81. The summed E-state index contributed by atoms with van der Waals surface area (Å²) in [6.07, 6.45) is 4.18. The van der Waals surface area contributed by atoms with Gasteiger partial charge in [-0.3, -0.25) is 9.59 Å². The summed E-state index contributed by atoms with van der Waals surface area (Å²) in [6.45, 7) is 22.5. The van der Waals surface area contributed by atoms with Crippen molar-refractivity contribution in [2.45, 2.75) is 128 Å². The second-order valence-electron chi connectivity index (χ2n) is 14.0. The lowest BCUT2D eigenvalue weighted by Gasteiger charge is -2.46. The van der Waals surface area contributed by atoms with Crippen LogP contribution in [0.25, 0.3) is 0 Å². The standard InChI is InChI=1S/C28H52N4O4/c1-25(2)17-21(18-26(3,4)29-25)35-23(33)9-11-31-13-15-32(16-14-31)12-10-24(34)36-22-19-27(5,6)30-28(7,8)20-22/h21-22,29-30H,9-20H2,1-8H3. The number of rotatable bonds is 8. The van der Waals surface area contributed by atoms with E-state index in [9.17, 15) is 9.59 Å². The molecule has 0 spiro atoms. The van der Waals surface area contributed by atoms with Crippen LogP contribution in [0.15, 0.2) is 0 Å². The van der Waals surface area contributed by atoms with Gasteiger partial charge in [0.05, 0.1) is 12.8 Å². The van der Waals surface area contributed by atoms with Crippen LogP contribution in [0, 0.1) is 0 Å². The van der Waals surface area contributed by atoms with Gasteiger partial charge in [-0.25, -0.2) is 0 Å². The van der Waals surface area contributed by atoms with Crippen LogP contribution in [0.4, 0.5) is 0 Å². The van der Waals surface area contributed by atoms with Gasteiger partial charge in [-0.2, -0.15) is 0 Å². The second-order valence-corrected chi connectivity index (χ2v) is 14.0. The number of hydrogen-bond donors (Lipinski definition) is 2. The Balaban J connectivity index is 1.31. The highest BCUT2D eigenvalue weighted by Crippen LogP contribution is 2.31. The topological polar surface area (TPSA) is 83.1 Å². The molecule has 0 saturated carbocycles. The van der Waals surface area contributed by atoms with E-state index >= 15 is 0 Å². The Morgan fingerprint density at radius 2 is 0.889 bits per heavy atom. The minimum Gasteiger partial charge on any atom is -0.462 e. The van der Waals surface area contributed by atoms with Crippen LogP contribution in [0.5, 0.6) is 0 Å². The molecule has 0 aromatic rings. The van der Waals surface area contributed by atoms with Gasteiger partial charge in [0.2, 0.25) is 0 Å². The van der Waals surface area contributed by atoms with Gasteiger partial charge >= 0.3 is 11.9 Å². The number of carbonyl (C=O) groups is 2. The number of piperazine rings is 1. The van der Waals surface area contributed by atoms with Crippen molar-refractivity contribution in [3.05, 3.63) is 0 Å². The summed E-state index contributed by atoms with van der Waals surface area (Å²) in [5.74, 6) is -0.189. The number of nitrogens with one attached hydrogen (secondary N) is 2. The molecule has 3 aliphatic heterocycles. The summed E-state index contributed by atoms with van der Waals surface area (Å²) < 4.78 is 11.7. The molecule has 2 N–H and O–H groups in total. The van der Waals surface area contributed by atoms with E-state index in [0.29, 0.717) is 12.8 Å². The number of piperidine rings is 2. The number of nitrogens with zero attached hydrogens (tertiary/aromatic N) is 2. The van der Waals surface area contributed by atoms with Crippen molar-refractivity contribution in [2.24, 2.45) is 0 Å². The highest BCUT2D eigenvalue weighted by Gasteiger charge is 2.40. The molecule has 3 aliphatic rings. The van der Waals surface area contributed by atoms with Crippen molar-refractivity contribution in [1.82, 2.24) is 20.4 Å². The molecule has 0 radical (unpaired) electrons. The van der Waals surface area contributed by atoms with Crippen LogP contribution < -0.4 is 10.6 Å². The van der Waals surface area contributed by atoms with E-state index in [0.717, 1.165) is 65.0 Å². The Morgan fingerprint density at radius 1 is 0.611 bits per heavy atom. The molecule has 0 aliphatic carbocycles. The van der Waals surface area contributed by atoms with E-state index in [1.807, 2.05) is 0 Å². The Kier molecular flexibility index (Phi) is 9.18. The van der Waals surface area contributed by atoms with E-state index in [1.54, 1.807) is 0 Å². The molecule has 3 fully saturated rings. The number of esters is 2. The smallest absolute Gasteiger partial charge is 0.307 e. The lowest BCUT2D eigenvalue weighted by Crippen LogP contribution is -2.59. The summed E-state index contributed by atoms with van der Waals surface area (Å²) in [5, 5.41) is 7.26. The summed E-state index contributed by atoms with van der Waals surface area (Å²) >= 11 is 0. The molecular weight excluding hydrogens is 456 g/mol. The molecular formula is C28H52N4O4. The van der Waals surface area contributed by atoms with Gasteiger partial charge in [-0.15, -0.1) is 0 Å². The molecule has 0 amide bonds. The first kappa shape index (κ1) is 29.3. The van der Waals surface area contributed by atoms with Crippen molar-refractivity contribution in [3.8, 4) is 0 Å². The minimum absolute atomic E-state index is 0.0256. The van der Waals surface area contributed by atoms with Crippen LogP contribution in [-0.4, -0.2) is 95.4 Å². The van der Waals surface area contributed by atoms with Gasteiger partial charge in [-0.1, -0.05) is 0 Å².